The van der Waals surface area contributed by atoms with Gasteiger partial charge in [0, 0.05) is 10.6 Å². The number of carboxylic acids is 1. The highest BCUT2D eigenvalue weighted by atomic mass is 35.5. The molecule has 19 heavy (non-hydrogen) atoms. The fourth-order valence-electron chi connectivity index (χ4n) is 1.86. The molecule has 0 spiro atoms. The van der Waals surface area contributed by atoms with Gasteiger partial charge in [-0.25, -0.2) is 9.78 Å². The average Bonchev–Trinajstić information content (AvgIpc) is 2.77. The first-order valence-electron chi connectivity index (χ1n) is 6.02. The fraction of sp³-hybridized carbons (Fsp3) is 0.286. The number of carbonyl (C=O) groups is 1. The summed E-state index contributed by atoms with van der Waals surface area (Å²) in [6, 6.07) is 5.35. The molecule has 0 aliphatic carbocycles. The molecule has 0 atom stereocenters. The van der Waals surface area contributed by atoms with Gasteiger partial charge in [-0.05, 0) is 31.0 Å². The van der Waals surface area contributed by atoms with Gasteiger partial charge in [0.2, 0.25) is 11.7 Å². The number of oxazole rings is 1. The standard InChI is InChI=1S/C14H14ClNO3/c1-3-4-11-12(14(17)18)19-13(16-11)10-7-9(15)6-5-8(10)2/h5-7H,3-4H2,1-2H3,(H,17,18). The van der Waals surface area contributed by atoms with Gasteiger partial charge >= 0.3 is 5.97 Å². The average molecular weight is 280 g/mol. The minimum atomic E-state index is -1.10. The van der Waals surface area contributed by atoms with E-state index >= 15 is 0 Å². The highest BCUT2D eigenvalue weighted by Crippen LogP contribution is 2.28. The van der Waals surface area contributed by atoms with Gasteiger partial charge in [-0.1, -0.05) is 31.0 Å². The second-order valence-electron chi connectivity index (χ2n) is 4.31. The first-order chi connectivity index (χ1) is 9.02. The molecule has 5 heteroatoms. The van der Waals surface area contributed by atoms with Crippen molar-refractivity contribution in [3.63, 3.8) is 0 Å². The number of aromatic carboxylic acids is 1. The largest absolute Gasteiger partial charge is 0.475 e. The minimum absolute atomic E-state index is 0.0868. The molecule has 0 fully saturated rings. The molecule has 4 nitrogen and oxygen atoms in total. The van der Waals surface area contributed by atoms with Crippen molar-refractivity contribution in [2.24, 2.45) is 0 Å². The second kappa shape index (κ2) is 5.45. The number of rotatable bonds is 4. The van der Waals surface area contributed by atoms with Crippen LogP contribution in [0, 0.1) is 6.92 Å². The number of aryl methyl sites for hydroxylation is 2. The van der Waals surface area contributed by atoms with Crippen molar-refractivity contribution in [1.29, 1.82) is 0 Å². The van der Waals surface area contributed by atoms with E-state index in [1.54, 1.807) is 12.1 Å². The van der Waals surface area contributed by atoms with Crippen molar-refractivity contribution in [2.75, 3.05) is 0 Å². The summed E-state index contributed by atoms with van der Waals surface area (Å²) >= 11 is 5.95. The number of halogens is 1. The number of hydrogen-bond acceptors (Lipinski definition) is 3. The SMILES string of the molecule is CCCc1nc(-c2cc(Cl)ccc2C)oc1C(=O)O. The van der Waals surface area contributed by atoms with Crippen molar-refractivity contribution in [3.05, 3.63) is 40.2 Å². The molecular weight excluding hydrogens is 266 g/mol. The van der Waals surface area contributed by atoms with Crippen LogP contribution in [0.1, 0.15) is 35.2 Å². The third-order valence-corrected chi connectivity index (χ3v) is 3.04. The lowest BCUT2D eigenvalue weighted by atomic mass is 10.1. The quantitative estimate of drug-likeness (QED) is 0.920. The molecule has 100 valence electrons. The summed E-state index contributed by atoms with van der Waals surface area (Å²) < 4.78 is 5.38. The summed E-state index contributed by atoms with van der Waals surface area (Å²) in [5.41, 5.74) is 2.13. The summed E-state index contributed by atoms with van der Waals surface area (Å²) in [6.45, 7) is 3.86. The Hall–Kier alpha value is -1.81. The molecule has 0 bridgehead atoms. The van der Waals surface area contributed by atoms with E-state index in [2.05, 4.69) is 4.98 Å². The Balaban J connectivity index is 2.53. The summed E-state index contributed by atoms with van der Waals surface area (Å²) in [5.74, 6) is -0.876. The third-order valence-electron chi connectivity index (χ3n) is 2.81. The first kappa shape index (κ1) is 13.6. The van der Waals surface area contributed by atoms with Crippen LogP contribution in [0.15, 0.2) is 22.6 Å². The third kappa shape index (κ3) is 2.79. The van der Waals surface area contributed by atoms with Gasteiger partial charge in [0.15, 0.2) is 0 Å². The van der Waals surface area contributed by atoms with Crippen LogP contribution >= 0.6 is 11.6 Å². The second-order valence-corrected chi connectivity index (χ2v) is 4.75. The molecule has 2 rings (SSSR count). The van der Waals surface area contributed by atoms with Crippen LogP contribution in [0.25, 0.3) is 11.5 Å². The number of carboxylic acid groups (broad SMARTS) is 1. The molecule has 1 N–H and O–H groups in total. The molecule has 0 saturated heterocycles. The van der Waals surface area contributed by atoms with E-state index in [1.165, 1.54) is 0 Å². The van der Waals surface area contributed by atoms with Crippen molar-refractivity contribution >= 4 is 17.6 Å². The van der Waals surface area contributed by atoms with Gasteiger partial charge in [0.1, 0.15) is 0 Å². The first-order valence-corrected chi connectivity index (χ1v) is 6.40. The van der Waals surface area contributed by atoms with Crippen molar-refractivity contribution < 1.29 is 14.3 Å². The maximum atomic E-state index is 11.1. The van der Waals surface area contributed by atoms with Gasteiger partial charge in [-0.2, -0.15) is 0 Å². The Morgan fingerprint density at radius 1 is 1.47 bits per heavy atom. The number of benzene rings is 1. The van der Waals surface area contributed by atoms with Gasteiger partial charge in [-0.15, -0.1) is 0 Å². The number of nitrogens with zero attached hydrogens (tertiary/aromatic N) is 1. The van der Waals surface area contributed by atoms with Crippen LogP contribution in [0.2, 0.25) is 5.02 Å². The zero-order valence-corrected chi connectivity index (χ0v) is 11.5. The molecule has 2 aromatic rings. The molecule has 0 saturated carbocycles. The van der Waals surface area contributed by atoms with E-state index in [1.807, 2.05) is 19.9 Å². The van der Waals surface area contributed by atoms with E-state index in [9.17, 15) is 4.79 Å². The molecule has 0 radical (unpaired) electrons. The summed E-state index contributed by atoms with van der Waals surface area (Å²) in [7, 11) is 0. The van der Waals surface area contributed by atoms with E-state index in [0.717, 1.165) is 17.5 Å². The van der Waals surface area contributed by atoms with Gasteiger partial charge in [0.05, 0.1) is 5.69 Å². The zero-order chi connectivity index (χ0) is 14.0. The molecule has 1 aromatic heterocycles. The molecule has 0 unspecified atom stereocenters. The molecule has 0 amide bonds. The van der Waals surface area contributed by atoms with E-state index < -0.39 is 5.97 Å². The van der Waals surface area contributed by atoms with Gasteiger partial charge in [0.25, 0.3) is 0 Å². The Morgan fingerprint density at radius 2 is 2.21 bits per heavy atom. The van der Waals surface area contributed by atoms with Crippen LogP contribution < -0.4 is 0 Å². The van der Waals surface area contributed by atoms with Crippen LogP contribution in [0.5, 0.6) is 0 Å². The highest BCUT2D eigenvalue weighted by molar-refractivity contribution is 6.30. The van der Waals surface area contributed by atoms with Crippen molar-refractivity contribution in [2.45, 2.75) is 26.7 Å². The Bertz CT molecular complexity index is 619. The van der Waals surface area contributed by atoms with E-state index in [-0.39, 0.29) is 5.76 Å². The molecular formula is C14H14ClNO3. The van der Waals surface area contributed by atoms with E-state index in [4.69, 9.17) is 21.1 Å². The van der Waals surface area contributed by atoms with Crippen LogP contribution in [0.4, 0.5) is 0 Å². The Kier molecular flexibility index (Phi) is 3.90. The molecule has 0 aliphatic rings. The van der Waals surface area contributed by atoms with Crippen molar-refractivity contribution in [3.8, 4) is 11.5 Å². The summed E-state index contributed by atoms with van der Waals surface area (Å²) in [6.07, 6.45) is 1.38. The smallest absolute Gasteiger partial charge is 0.373 e. The lowest BCUT2D eigenvalue weighted by molar-refractivity contribution is 0.0661. The molecule has 1 heterocycles. The topological polar surface area (TPSA) is 63.3 Å². The highest BCUT2D eigenvalue weighted by Gasteiger charge is 2.20. The summed E-state index contributed by atoms with van der Waals surface area (Å²) in [4.78, 5) is 15.4. The normalized spacial score (nSPS) is 10.7. The Labute approximate surface area is 116 Å². The lowest BCUT2D eigenvalue weighted by Gasteiger charge is -2.01. The van der Waals surface area contributed by atoms with Crippen molar-refractivity contribution in [1.82, 2.24) is 4.98 Å². The maximum Gasteiger partial charge on any atom is 0.373 e. The predicted molar refractivity (Wildman–Crippen MR) is 72.6 cm³/mol. The van der Waals surface area contributed by atoms with Crippen LogP contribution in [0.3, 0.4) is 0 Å². The fourth-order valence-corrected chi connectivity index (χ4v) is 2.04. The number of hydrogen-bond donors (Lipinski definition) is 1. The van der Waals surface area contributed by atoms with E-state index in [0.29, 0.717) is 23.0 Å². The summed E-state index contributed by atoms with van der Waals surface area (Å²) in [5, 5.41) is 9.68. The monoisotopic (exact) mass is 279 g/mol. The van der Waals surface area contributed by atoms with Gasteiger partial charge in [-0.3, -0.25) is 0 Å². The minimum Gasteiger partial charge on any atom is -0.475 e. The lowest BCUT2D eigenvalue weighted by Crippen LogP contribution is -1.99. The van der Waals surface area contributed by atoms with Crippen LogP contribution in [-0.2, 0) is 6.42 Å². The van der Waals surface area contributed by atoms with Crippen LogP contribution in [-0.4, -0.2) is 16.1 Å². The molecule has 0 aliphatic heterocycles. The number of aromatic nitrogens is 1. The maximum absolute atomic E-state index is 11.1. The predicted octanol–water partition coefficient (Wildman–Crippen LogP) is 3.95. The van der Waals surface area contributed by atoms with Gasteiger partial charge < -0.3 is 9.52 Å². The Morgan fingerprint density at radius 3 is 2.84 bits per heavy atom. The zero-order valence-electron chi connectivity index (χ0n) is 10.7. The molecule has 1 aromatic carbocycles.